The SMILES string of the molecule is CC(=O)c1ccc(Sc2nnc(C3CCCCC3)o2)c([N+](=O)[O-])c1. The van der Waals surface area contributed by atoms with Crippen LogP contribution in [-0.4, -0.2) is 20.9 Å². The Kier molecular flexibility index (Phi) is 4.94. The number of hydrogen-bond donors (Lipinski definition) is 0. The normalized spacial score (nSPS) is 15.4. The Morgan fingerprint density at radius 3 is 2.71 bits per heavy atom. The lowest BCUT2D eigenvalue weighted by atomic mass is 9.89. The van der Waals surface area contributed by atoms with E-state index in [0.717, 1.165) is 37.4 Å². The van der Waals surface area contributed by atoms with Crippen LogP contribution in [0.2, 0.25) is 0 Å². The maximum atomic E-state index is 11.4. The fourth-order valence-electron chi connectivity index (χ4n) is 2.84. The van der Waals surface area contributed by atoms with Gasteiger partial charge in [0.1, 0.15) is 0 Å². The summed E-state index contributed by atoms with van der Waals surface area (Å²) in [5.74, 6) is 0.683. The van der Waals surface area contributed by atoms with E-state index in [1.54, 1.807) is 12.1 Å². The Hall–Kier alpha value is -2.22. The molecule has 1 aliphatic carbocycles. The number of carbonyl (C=O) groups is 1. The molecule has 1 heterocycles. The van der Waals surface area contributed by atoms with Gasteiger partial charge >= 0.3 is 0 Å². The molecule has 7 nitrogen and oxygen atoms in total. The van der Waals surface area contributed by atoms with Crippen molar-refractivity contribution in [3.05, 3.63) is 39.8 Å². The molecule has 0 saturated heterocycles. The Bertz CT molecular complexity index is 768. The molecular formula is C16H17N3O4S. The van der Waals surface area contributed by atoms with Crippen LogP contribution in [0.5, 0.6) is 0 Å². The highest BCUT2D eigenvalue weighted by Gasteiger charge is 2.23. The van der Waals surface area contributed by atoms with Crippen molar-refractivity contribution >= 4 is 23.2 Å². The Balaban J connectivity index is 1.82. The molecule has 1 saturated carbocycles. The smallest absolute Gasteiger partial charge is 0.284 e. The molecule has 0 radical (unpaired) electrons. The van der Waals surface area contributed by atoms with Crippen molar-refractivity contribution < 1.29 is 14.1 Å². The van der Waals surface area contributed by atoms with Crippen molar-refractivity contribution in [3.8, 4) is 0 Å². The van der Waals surface area contributed by atoms with Crippen molar-refractivity contribution in [2.45, 2.75) is 55.1 Å². The summed E-state index contributed by atoms with van der Waals surface area (Å²) < 4.78 is 5.69. The minimum Gasteiger partial charge on any atom is -0.415 e. The predicted molar refractivity (Wildman–Crippen MR) is 87.3 cm³/mol. The maximum Gasteiger partial charge on any atom is 0.284 e. The highest BCUT2D eigenvalue weighted by molar-refractivity contribution is 7.99. The van der Waals surface area contributed by atoms with Gasteiger partial charge in [-0.1, -0.05) is 19.3 Å². The van der Waals surface area contributed by atoms with Gasteiger partial charge in [-0.3, -0.25) is 14.9 Å². The van der Waals surface area contributed by atoms with E-state index in [-0.39, 0.29) is 22.6 Å². The first kappa shape index (κ1) is 16.6. The fraction of sp³-hybridized carbons (Fsp3) is 0.438. The van der Waals surface area contributed by atoms with Crippen molar-refractivity contribution in [2.24, 2.45) is 0 Å². The molecule has 1 aromatic heterocycles. The number of rotatable bonds is 5. The Morgan fingerprint density at radius 2 is 2.04 bits per heavy atom. The van der Waals surface area contributed by atoms with Crippen LogP contribution in [0.15, 0.2) is 32.7 Å². The number of benzene rings is 1. The molecule has 24 heavy (non-hydrogen) atoms. The second-order valence-electron chi connectivity index (χ2n) is 5.84. The third-order valence-electron chi connectivity index (χ3n) is 4.14. The van der Waals surface area contributed by atoms with Crippen LogP contribution in [0.25, 0.3) is 0 Å². The number of aromatic nitrogens is 2. The van der Waals surface area contributed by atoms with Crippen molar-refractivity contribution in [1.82, 2.24) is 10.2 Å². The average molecular weight is 347 g/mol. The molecule has 1 aromatic carbocycles. The van der Waals surface area contributed by atoms with E-state index >= 15 is 0 Å². The summed E-state index contributed by atoms with van der Waals surface area (Å²) in [6.07, 6.45) is 5.64. The van der Waals surface area contributed by atoms with Gasteiger partial charge in [0, 0.05) is 17.5 Å². The van der Waals surface area contributed by atoms with Gasteiger partial charge in [-0.15, -0.1) is 10.2 Å². The summed E-state index contributed by atoms with van der Waals surface area (Å²) in [5.41, 5.74) is 0.171. The zero-order valence-electron chi connectivity index (χ0n) is 13.2. The van der Waals surface area contributed by atoms with Gasteiger partial charge in [0.15, 0.2) is 5.78 Å². The first-order valence-electron chi connectivity index (χ1n) is 7.85. The minimum atomic E-state index is -0.507. The number of nitro benzene ring substituents is 1. The molecule has 0 N–H and O–H groups in total. The van der Waals surface area contributed by atoms with E-state index in [9.17, 15) is 14.9 Å². The van der Waals surface area contributed by atoms with Crippen LogP contribution in [0.4, 0.5) is 5.69 Å². The summed E-state index contributed by atoms with van der Waals surface area (Å²) in [7, 11) is 0. The molecule has 0 amide bonds. The van der Waals surface area contributed by atoms with Gasteiger partial charge in [0.2, 0.25) is 5.89 Å². The fourth-order valence-corrected chi connectivity index (χ4v) is 3.61. The number of nitro groups is 1. The second-order valence-corrected chi connectivity index (χ2v) is 6.83. The number of nitrogens with zero attached hydrogens (tertiary/aromatic N) is 3. The van der Waals surface area contributed by atoms with Gasteiger partial charge in [-0.2, -0.15) is 0 Å². The van der Waals surface area contributed by atoms with E-state index in [0.29, 0.717) is 16.3 Å². The predicted octanol–water partition coefficient (Wildman–Crippen LogP) is 4.38. The van der Waals surface area contributed by atoms with E-state index < -0.39 is 4.92 Å². The lowest BCUT2D eigenvalue weighted by Gasteiger charge is -2.17. The van der Waals surface area contributed by atoms with Crippen molar-refractivity contribution in [3.63, 3.8) is 0 Å². The van der Waals surface area contributed by atoms with Crippen molar-refractivity contribution in [1.29, 1.82) is 0 Å². The lowest BCUT2D eigenvalue weighted by Crippen LogP contribution is -2.04. The van der Waals surface area contributed by atoms with Gasteiger partial charge < -0.3 is 4.42 Å². The Labute approximate surface area is 143 Å². The van der Waals surface area contributed by atoms with Crippen LogP contribution in [-0.2, 0) is 0 Å². The molecule has 126 valence electrons. The van der Waals surface area contributed by atoms with Gasteiger partial charge in [0.05, 0.1) is 9.82 Å². The average Bonchev–Trinajstić information content (AvgIpc) is 3.04. The molecule has 2 aromatic rings. The monoisotopic (exact) mass is 347 g/mol. The highest BCUT2D eigenvalue weighted by Crippen LogP contribution is 2.37. The van der Waals surface area contributed by atoms with Crippen LogP contribution < -0.4 is 0 Å². The number of ketones is 1. The maximum absolute atomic E-state index is 11.4. The zero-order valence-corrected chi connectivity index (χ0v) is 14.0. The minimum absolute atomic E-state index is 0.134. The van der Waals surface area contributed by atoms with E-state index in [1.807, 2.05) is 0 Å². The second kappa shape index (κ2) is 7.12. The number of hydrogen-bond acceptors (Lipinski definition) is 7. The molecule has 0 unspecified atom stereocenters. The Morgan fingerprint density at radius 1 is 1.29 bits per heavy atom. The lowest BCUT2D eigenvalue weighted by molar-refractivity contribution is -0.387. The molecule has 3 rings (SSSR count). The van der Waals surface area contributed by atoms with E-state index in [2.05, 4.69) is 10.2 Å². The van der Waals surface area contributed by atoms with Crippen LogP contribution in [0, 0.1) is 10.1 Å². The molecule has 8 heteroatoms. The number of Topliss-reactive ketones (excluding diaryl/α,β-unsaturated/α-hetero) is 1. The highest BCUT2D eigenvalue weighted by atomic mass is 32.2. The summed E-state index contributed by atoms with van der Waals surface area (Å²) in [6.45, 7) is 1.38. The van der Waals surface area contributed by atoms with E-state index in [1.165, 1.54) is 19.4 Å². The number of carbonyl (C=O) groups excluding carboxylic acids is 1. The van der Waals surface area contributed by atoms with Crippen LogP contribution >= 0.6 is 11.8 Å². The summed E-state index contributed by atoms with van der Waals surface area (Å²) in [6, 6.07) is 4.39. The molecule has 1 fully saturated rings. The van der Waals surface area contributed by atoms with Crippen LogP contribution in [0.1, 0.15) is 61.2 Å². The molecular weight excluding hydrogens is 330 g/mol. The topological polar surface area (TPSA) is 99.1 Å². The largest absolute Gasteiger partial charge is 0.415 e. The summed E-state index contributed by atoms with van der Waals surface area (Å²) in [5, 5.41) is 19.6. The molecule has 0 atom stereocenters. The summed E-state index contributed by atoms with van der Waals surface area (Å²) in [4.78, 5) is 22.5. The molecule has 0 aliphatic heterocycles. The van der Waals surface area contributed by atoms with Gasteiger partial charge in [0.25, 0.3) is 10.9 Å². The van der Waals surface area contributed by atoms with Crippen molar-refractivity contribution in [2.75, 3.05) is 0 Å². The molecule has 1 aliphatic rings. The molecule has 0 spiro atoms. The quantitative estimate of drug-likeness (QED) is 0.449. The van der Waals surface area contributed by atoms with Crippen LogP contribution in [0.3, 0.4) is 0 Å². The third-order valence-corrected chi connectivity index (χ3v) is 5.04. The van der Waals surface area contributed by atoms with Gasteiger partial charge in [-0.25, -0.2) is 0 Å². The zero-order chi connectivity index (χ0) is 17.1. The third kappa shape index (κ3) is 3.64. The first-order valence-corrected chi connectivity index (χ1v) is 8.67. The van der Waals surface area contributed by atoms with E-state index in [4.69, 9.17) is 4.42 Å². The summed E-state index contributed by atoms with van der Waals surface area (Å²) >= 11 is 1.05. The van der Waals surface area contributed by atoms with Gasteiger partial charge in [-0.05, 0) is 43.7 Å². The standard InChI is InChI=1S/C16H17N3O4S/c1-10(20)12-7-8-14(13(9-12)19(21)22)24-16-18-17-15(23-16)11-5-3-2-4-6-11/h7-9,11H,2-6H2,1H3. The molecule has 0 bridgehead atoms. The first-order chi connectivity index (χ1) is 11.5.